The highest BCUT2D eigenvalue weighted by Gasteiger charge is 2.22. The fraction of sp³-hybridized carbons (Fsp3) is 0.524. The summed E-state index contributed by atoms with van der Waals surface area (Å²) in [6.45, 7) is 2.95. The zero-order valence-corrected chi connectivity index (χ0v) is 16.7. The van der Waals surface area contributed by atoms with Gasteiger partial charge in [0.2, 0.25) is 0 Å². The van der Waals surface area contributed by atoms with Gasteiger partial charge in [0.25, 0.3) is 0 Å². The smallest absolute Gasteiger partial charge is 0.317 e. The molecule has 1 N–H and O–H groups in total. The molecular formula is C21H28N4O3. The van der Waals surface area contributed by atoms with Crippen LogP contribution in [0.2, 0.25) is 0 Å². The van der Waals surface area contributed by atoms with Gasteiger partial charge < -0.3 is 24.3 Å². The average molecular weight is 384 g/mol. The zero-order valence-electron chi connectivity index (χ0n) is 16.7. The van der Waals surface area contributed by atoms with Gasteiger partial charge in [-0.1, -0.05) is 0 Å². The maximum Gasteiger partial charge on any atom is 0.317 e. The van der Waals surface area contributed by atoms with E-state index in [0.29, 0.717) is 25.4 Å². The number of methoxy groups -OCH3 is 2. The number of amides is 2. The number of urea groups is 1. The molecular weight excluding hydrogens is 356 g/mol. The Morgan fingerprint density at radius 3 is 2.64 bits per heavy atom. The molecule has 0 saturated heterocycles. The van der Waals surface area contributed by atoms with Crippen molar-refractivity contribution in [3.8, 4) is 11.5 Å². The molecule has 0 atom stereocenters. The molecule has 0 bridgehead atoms. The van der Waals surface area contributed by atoms with Gasteiger partial charge in [-0.15, -0.1) is 0 Å². The van der Waals surface area contributed by atoms with Gasteiger partial charge in [0.1, 0.15) is 5.82 Å². The van der Waals surface area contributed by atoms with Gasteiger partial charge in [-0.05, 0) is 42.5 Å². The lowest BCUT2D eigenvalue weighted by molar-refractivity contribution is 0.192. The minimum atomic E-state index is -0.0237. The Hall–Kier alpha value is -2.70. The predicted octanol–water partition coefficient (Wildman–Crippen LogP) is 2.55. The molecule has 1 aromatic carbocycles. The van der Waals surface area contributed by atoms with E-state index >= 15 is 0 Å². The summed E-state index contributed by atoms with van der Waals surface area (Å²) < 4.78 is 13.0. The fourth-order valence-corrected chi connectivity index (χ4v) is 4.06. The maximum atomic E-state index is 12.6. The molecule has 7 heteroatoms. The molecule has 150 valence electrons. The van der Waals surface area contributed by atoms with Gasteiger partial charge >= 0.3 is 6.03 Å². The van der Waals surface area contributed by atoms with Gasteiger partial charge in [-0.2, -0.15) is 0 Å². The molecule has 4 rings (SSSR count). The first-order chi connectivity index (χ1) is 13.7. The van der Waals surface area contributed by atoms with Gasteiger partial charge in [-0.25, -0.2) is 9.78 Å². The molecule has 2 amide bonds. The number of rotatable bonds is 5. The summed E-state index contributed by atoms with van der Waals surface area (Å²) in [7, 11) is 3.27. The van der Waals surface area contributed by atoms with Crippen molar-refractivity contribution in [2.24, 2.45) is 0 Å². The van der Waals surface area contributed by atoms with Gasteiger partial charge in [0.15, 0.2) is 11.5 Å². The van der Waals surface area contributed by atoms with E-state index in [4.69, 9.17) is 14.5 Å². The number of benzene rings is 1. The molecule has 2 aliphatic rings. The van der Waals surface area contributed by atoms with Crippen molar-refractivity contribution in [1.82, 2.24) is 19.8 Å². The van der Waals surface area contributed by atoms with E-state index in [2.05, 4.69) is 16.1 Å². The van der Waals surface area contributed by atoms with Crippen LogP contribution < -0.4 is 14.8 Å². The second-order valence-electron chi connectivity index (χ2n) is 7.43. The van der Waals surface area contributed by atoms with Crippen LogP contribution in [-0.2, 0) is 32.4 Å². The lowest BCUT2D eigenvalue weighted by Crippen LogP contribution is -2.43. The number of fused-ring (bicyclic) bond motifs is 2. The summed E-state index contributed by atoms with van der Waals surface area (Å²) in [5.41, 5.74) is 3.39. The molecule has 0 aliphatic carbocycles. The summed E-state index contributed by atoms with van der Waals surface area (Å²) in [5, 5.41) is 3.04. The number of nitrogens with one attached hydrogen (secondary N) is 1. The molecule has 7 nitrogen and oxygen atoms in total. The van der Waals surface area contributed by atoms with Crippen LogP contribution in [-0.4, -0.2) is 47.8 Å². The van der Waals surface area contributed by atoms with E-state index in [1.165, 1.54) is 24.2 Å². The third-order valence-corrected chi connectivity index (χ3v) is 5.62. The largest absolute Gasteiger partial charge is 0.493 e. The second-order valence-corrected chi connectivity index (χ2v) is 7.43. The Morgan fingerprint density at radius 2 is 1.89 bits per heavy atom. The van der Waals surface area contributed by atoms with Crippen LogP contribution in [0.25, 0.3) is 0 Å². The highest BCUT2D eigenvalue weighted by atomic mass is 16.5. The Kier molecular flexibility index (Phi) is 5.41. The molecule has 0 fully saturated rings. The number of carbonyl (C=O) groups excluding carboxylic acids is 1. The number of aryl methyl sites for hydroxylation is 2. The van der Waals surface area contributed by atoms with Crippen LogP contribution in [0.4, 0.5) is 4.79 Å². The van der Waals surface area contributed by atoms with Crippen LogP contribution in [0.1, 0.15) is 35.5 Å². The molecule has 28 heavy (non-hydrogen) atoms. The molecule has 2 aliphatic heterocycles. The van der Waals surface area contributed by atoms with Crippen molar-refractivity contribution in [3.05, 3.63) is 41.0 Å². The quantitative estimate of drug-likeness (QED) is 0.860. The average Bonchev–Trinajstić information content (AvgIpc) is 3.14. The number of imidazole rings is 1. The Bertz CT molecular complexity index is 838. The lowest BCUT2D eigenvalue weighted by atomic mass is 9.99. The number of aromatic nitrogens is 2. The summed E-state index contributed by atoms with van der Waals surface area (Å²) >= 11 is 0. The van der Waals surface area contributed by atoms with Crippen molar-refractivity contribution in [2.45, 2.75) is 45.2 Å². The Labute approximate surface area is 165 Å². The fourth-order valence-electron chi connectivity index (χ4n) is 4.06. The second kappa shape index (κ2) is 8.12. The first-order valence-corrected chi connectivity index (χ1v) is 9.99. The van der Waals surface area contributed by atoms with E-state index in [-0.39, 0.29) is 6.03 Å². The highest BCUT2D eigenvalue weighted by molar-refractivity contribution is 5.74. The van der Waals surface area contributed by atoms with E-state index in [0.717, 1.165) is 42.8 Å². The van der Waals surface area contributed by atoms with Crippen molar-refractivity contribution in [1.29, 1.82) is 0 Å². The van der Waals surface area contributed by atoms with Gasteiger partial charge in [-0.3, -0.25) is 0 Å². The minimum absolute atomic E-state index is 0.0237. The normalized spacial score (nSPS) is 15.6. The van der Waals surface area contributed by atoms with Crippen LogP contribution in [0.5, 0.6) is 11.5 Å². The number of hydrogen-bond acceptors (Lipinski definition) is 4. The zero-order chi connectivity index (χ0) is 19.5. The summed E-state index contributed by atoms with van der Waals surface area (Å²) in [4.78, 5) is 19.2. The number of nitrogens with zero attached hydrogens (tertiary/aromatic N) is 3. The van der Waals surface area contributed by atoms with Crippen LogP contribution in [0.15, 0.2) is 18.3 Å². The molecule has 0 unspecified atom stereocenters. The number of ether oxygens (including phenoxy) is 2. The topological polar surface area (TPSA) is 68.6 Å². The molecule has 3 heterocycles. The Morgan fingerprint density at radius 1 is 1.11 bits per heavy atom. The molecule has 0 radical (unpaired) electrons. The van der Waals surface area contributed by atoms with Crippen LogP contribution >= 0.6 is 0 Å². The predicted molar refractivity (Wildman–Crippen MR) is 106 cm³/mol. The first-order valence-electron chi connectivity index (χ1n) is 9.99. The van der Waals surface area contributed by atoms with E-state index in [1.54, 1.807) is 14.2 Å². The molecule has 1 aromatic heterocycles. The highest BCUT2D eigenvalue weighted by Crippen LogP contribution is 2.33. The van der Waals surface area contributed by atoms with E-state index in [1.807, 2.05) is 17.0 Å². The third kappa shape index (κ3) is 3.79. The van der Waals surface area contributed by atoms with Crippen molar-refractivity contribution in [3.63, 3.8) is 0 Å². The summed E-state index contributed by atoms with van der Waals surface area (Å²) in [6.07, 6.45) is 7.23. The van der Waals surface area contributed by atoms with Crippen molar-refractivity contribution in [2.75, 3.05) is 27.3 Å². The molecule has 2 aromatic rings. The minimum Gasteiger partial charge on any atom is -0.493 e. The summed E-state index contributed by atoms with van der Waals surface area (Å²) in [6, 6.07) is 3.97. The lowest BCUT2D eigenvalue weighted by Gasteiger charge is -2.29. The van der Waals surface area contributed by atoms with Gasteiger partial charge in [0.05, 0.1) is 19.9 Å². The number of hydrogen-bond donors (Lipinski definition) is 1. The van der Waals surface area contributed by atoms with E-state index in [9.17, 15) is 4.79 Å². The molecule has 0 saturated carbocycles. The first kappa shape index (κ1) is 18.7. The SMILES string of the molecule is COc1cc2c(cc1OC)CN(C(=O)NCCc1cn3c(n1)CCCC3)CC2. The third-order valence-electron chi connectivity index (χ3n) is 5.62. The monoisotopic (exact) mass is 384 g/mol. The van der Waals surface area contributed by atoms with Crippen LogP contribution in [0.3, 0.4) is 0 Å². The Balaban J connectivity index is 1.33. The van der Waals surface area contributed by atoms with Gasteiger partial charge in [0, 0.05) is 45.2 Å². The van der Waals surface area contributed by atoms with Crippen LogP contribution in [0, 0.1) is 0 Å². The maximum absolute atomic E-state index is 12.6. The van der Waals surface area contributed by atoms with Crippen molar-refractivity contribution < 1.29 is 14.3 Å². The molecule has 0 spiro atoms. The van der Waals surface area contributed by atoms with Crippen molar-refractivity contribution >= 4 is 6.03 Å². The summed E-state index contributed by atoms with van der Waals surface area (Å²) in [5.74, 6) is 2.62. The standard InChI is InChI=1S/C21H28N4O3/c1-27-18-11-15-7-10-25(13-16(15)12-19(18)28-2)21(26)22-8-6-17-14-24-9-4-3-5-20(24)23-17/h11-12,14H,3-10,13H2,1-2H3,(H,22,26). The number of carbonyl (C=O) groups is 1. The van der Waals surface area contributed by atoms with E-state index < -0.39 is 0 Å².